The van der Waals surface area contributed by atoms with Crippen molar-refractivity contribution in [2.75, 3.05) is 38.8 Å². The monoisotopic (exact) mass is 647 g/mol. The van der Waals surface area contributed by atoms with Gasteiger partial charge in [-0.15, -0.1) is 0 Å². The van der Waals surface area contributed by atoms with Crippen LogP contribution >= 0.6 is 11.6 Å². The zero-order chi connectivity index (χ0) is 32.5. The number of nitrogens with one attached hydrogen (secondary N) is 1. The number of benzene rings is 3. The number of nitrogens with zero attached hydrogens (tertiary/aromatic N) is 2. The number of esters is 1. The number of ether oxygens (including phenoxy) is 5. The van der Waals surface area contributed by atoms with Crippen LogP contribution < -0.4 is 28.7 Å². The summed E-state index contributed by atoms with van der Waals surface area (Å²) in [4.78, 5) is 24.7. The Labute approximate surface area is 261 Å². The third-order valence-electron chi connectivity index (χ3n) is 5.70. The first kappa shape index (κ1) is 34.0. The molecule has 0 atom stereocenters. The Morgan fingerprint density at radius 2 is 1.55 bits per heavy atom. The van der Waals surface area contributed by atoms with Gasteiger partial charge in [-0.05, 0) is 80.9 Å². The van der Waals surface area contributed by atoms with Gasteiger partial charge in [0.25, 0.3) is 15.9 Å². The normalized spacial score (nSPS) is 11.5. The summed E-state index contributed by atoms with van der Waals surface area (Å²) in [5, 5.41) is 4.17. The van der Waals surface area contributed by atoms with Crippen LogP contribution in [0.15, 0.2) is 70.7 Å². The number of hydrogen-bond acceptors (Lipinski definition) is 10. The number of rotatable bonds is 13. The number of anilines is 1. The molecule has 0 saturated heterocycles. The third kappa shape index (κ3) is 9.25. The second kappa shape index (κ2) is 14.8. The maximum atomic E-state index is 13.9. The highest BCUT2D eigenvalue weighted by Gasteiger charge is 2.30. The van der Waals surface area contributed by atoms with E-state index in [1.165, 1.54) is 63.9 Å². The van der Waals surface area contributed by atoms with E-state index in [2.05, 4.69) is 10.5 Å². The first-order valence-electron chi connectivity index (χ1n) is 13.1. The van der Waals surface area contributed by atoms with Crippen molar-refractivity contribution in [1.82, 2.24) is 5.43 Å². The SMILES string of the molecule is COc1ccc(S(=O)(=O)N(CC(=O)N/N=C\c2ccc(OCC(=O)OC(C)(C)C)cc2)c2cc(Cl)ccc2OC)cc1OC. The number of sulfonamides is 1. The largest absolute Gasteiger partial charge is 0.495 e. The molecule has 3 aromatic rings. The van der Waals surface area contributed by atoms with Crippen molar-refractivity contribution >= 4 is 45.4 Å². The predicted octanol–water partition coefficient (Wildman–Crippen LogP) is 4.43. The Kier molecular flexibility index (Phi) is 11.4. The first-order chi connectivity index (χ1) is 20.8. The summed E-state index contributed by atoms with van der Waals surface area (Å²) in [6, 6.07) is 15.0. The van der Waals surface area contributed by atoms with E-state index in [1.54, 1.807) is 45.0 Å². The molecular weight excluding hydrogens is 614 g/mol. The molecule has 1 amide bonds. The van der Waals surface area contributed by atoms with Crippen LogP contribution in [0, 0.1) is 0 Å². The Morgan fingerprint density at radius 1 is 0.909 bits per heavy atom. The minimum absolute atomic E-state index is 0.0379. The summed E-state index contributed by atoms with van der Waals surface area (Å²) in [6.45, 7) is 4.38. The fourth-order valence-electron chi connectivity index (χ4n) is 3.77. The van der Waals surface area contributed by atoms with E-state index in [0.717, 1.165) is 4.31 Å². The highest BCUT2D eigenvalue weighted by atomic mass is 35.5. The van der Waals surface area contributed by atoms with E-state index in [1.807, 2.05) is 0 Å². The van der Waals surface area contributed by atoms with Gasteiger partial charge in [0.15, 0.2) is 18.1 Å². The molecule has 0 fully saturated rings. The maximum absolute atomic E-state index is 13.9. The molecule has 3 aromatic carbocycles. The molecule has 0 spiro atoms. The standard InChI is InChI=1S/C30H34ClN3O9S/c1-30(2,3)43-29(36)19-42-22-10-7-20(8-11-22)17-32-33-28(35)18-34(24-15-21(31)9-13-25(24)39-4)44(37,38)23-12-14-26(40-5)27(16-23)41-6/h7-17H,18-19H2,1-6H3,(H,33,35)/b32-17-. The summed E-state index contributed by atoms with van der Waals surface area (Å²) < 4.78 is 55.1. The fraction of sp³-hybridized carbons (Fsp3) is 0.300. The summed E-state index contributed by atoms with van der Waals surface area (Å²) >= 11 is 6.19. The fourth-order valence-corrected chi connectivity index (χ4v) is 5.38. The van der Waals surface area contributed by atoms with Gasteiger partial charge in [0, 0.05) is 11.1 Å². The van der Waals surface area contributed by atoms with Crippen LogP contribution in [0.4, 0.5) is 5.69 Å². The van der Waals surface area contributed by atoms with Crippen LogP contribution in [0.2, 0.25) is 5.02 Å². The average Bonchev–Trinajstić information content (AvgIpc) is 2.98. The molecule has 44 heavy (non-hydrogen) atoms. The molecule has 0 bridgehead atoms. The van der Waals surface area contributed by atoms with Crippen LogP contribution in [0.25, 0.3) is 0 Å². The van der Waals surface area contributed by atoms with Gasteiger partial charge < -0.3 is 23.7 Å². The number of halogens is 1. The Morgan fingerprint density at radius 3 is 2.16 bits per heavy atom. The van der Waals surface area contributed by atoms with E-state index in [4.69, 9.17) is 35.3 Å². The predicted molar refractivity (Wildman–Crippen MR) is 166 cm³/mol. The van der Waals surface area contributed by atoms with Gasteiger partial charge in [-0.2, -0.15) is 5.10 Å². The van der Waals surface area contributed by atoms with E-state index >= 15 is 0 Å². The van der Waals surface area contributed by atoms with Crippen LogP contribution in [-0.4, -0.2) is 66.6 Å². The molecule has 12 nitrogen and oxygen atoms in total. The molecule has 0 aliphatic heterocycles. The topological polar surface area (TPSA) is 142 Å². The van der Waals surface area contributed by atoms with Gasteiger partial charge in [-0.3, -0.25) is 9.10 Å². The molecule has 0 unspecified atom stereocenters. The summed E-state index contributed by atoms with van der Waals surface area (Å²) in [5.41, 5.74) is 2.36. The van der Waals surface area contributed by atoms with Crippen molar-refractivity contribution in [3.05, 3.63) is 71.2 Å². The van der Waals surface area contributed by atoms with E-state index in [-0.39, 0.29) is 33.7 Å². The van der Waals surface area contributed by atoms with E-state index in [0.29, 0.717) is 17.1 Å². The average molecular weight is 648 g/mol. The molecule has 0 radical (unpaired) electrons. The lowest BCUT2D eigenvalue weighted by Gasteiger charge is -2.25. The van der Waals surface area contributed by atoms with Crippen molar-refractivity contribution in [2.45, 2.75) is 31.3 Å². The highest BCUT2D eigenvalue weighted by molar-refractivity contribution is 7.92. The molecule has 0 aliphatic carbocycles. The summed E-state index contributed by atoms with van der Waals surface area (Å²) in [7, 11) is -0.191. The zero-order valence-electron chi connectivity index (χ0n) is 25.1. The number of carbonyl (C=O) groups is 2. The molecule has 0 aromatic heterocycles. The zero-order valence-corrected chi connectivity index (χ0v) is 26.7. The molecular formula is C30H34ClN3O9S. The van der Waals surface area contributed by atoms with Crippen LogP contribution in [0.5, 0.6) is 23.0 Å². The Balaban J connectivity index is 1.78. The summed E-state index contributed by atoms with van der Waals surface area (Å²) in [5.74, 6) is -0.129. The van der Waals surface area contributed by atoms with Gasteiger partial charge in [-0.25, -0.2) is 18.6 Å². The molecule has 3 rings (SSSR count). The lowest BCUT2D eigenvalue weighted by molar-refractivity contribution is -0.157. The van der Waals surface area contributed by atoms with Crippen molar-refractivity contribution in [3.63, 3.8) is 0 Å². The van der Waals surface area contributed by atoms with Gasteiger partial charge in [0.1, 0.15) is 23.6 Å². The van der Waals surface area contributed by atoms with E-state index in [9.17, 15) is 18.0 Å². The molecule has 0 saturated carbocycles. The van der Waals surface area contributed by atoms with Gasteiger partial charge >= 0.3 is 5.97 Å². The highest BCUT2D eigenvalue weighted by Crippen LogP contribution is 2.37. The van der Waals surface area contributed by atoms with Crippen LogP contribution in [0.1, 0.15) is 26.3 Å². The minimum atomic E-state index is -4.36. The molecule has 236 valence electrons. The molecule has 0 heterocycles. The van der Waals surface area contributed by atoms with E-state index < -0.39 is 34.0 Å². The molecule has 0 aliphatic rings. The summed E-state index contributed by atoms with van der Waals surface area (Å²) in [6.07, 6.45) is 1.36. The number of hydrazone groups is 1. The number of methoxy groups -OCH3 is 3. The lowest BCUT2D eigenvalue weighted by atomic mass is 10.2. The smallest absolute Gasteiger partial charge is 0.344 e. The third-order valence-corrected chi connectivity index (χ3v) is 7.69. The van der Waals surface area contributed by atoms with Crippen molar-refractivity contribution in [2.24, 2.45) is 5.10 Å². The second-order valence-corrected chi connectivity index (χ2v) is 12.4. The number of carbonyl (C=O) groups excluding carboxylic acids is 2. The van der Waals surface area contributed by atoms with Gasteiger partial charge in [-0.1, -0.05) is 11.6 Å². The lowest BCUT2D eigenvalue weighted by Crippen LogP contribution is -2.39. The maximum Gasteiger partial charge on any atom is 0.344 e. The first-order valence-corrected chi connectivity index (χ1v) is 14.9. The molecule has 1 N–H and O–H groups in total. The van der Waals surface area contributed by atoms with Crippen molar-refractivity contribution < 1.29 is 41.7 Å². The minimum Gasteiger partial charge on any atom is -0.495 e. The van der Waals surface area contributed by atoms with Crippen molar-refractivity contribution in [3.8, 4) is 23.0 Å². The van der Waals surface area contributed by atoms with Gasteiger partial charge in [0.05, 0.1) is 38.1 Å². The Bertz CT molecular complexity index is 1600. The number of hydrogen-bond donors (Lipinski definition) is 1. The van der Waals surface area contributed by atoms with Crippen molar-refractivity contribution in [1.29, 1.82) is 0 Å². The Hall–Kier alpha value is -4.49. The molecule has 14 heteroatoms. The van der Waals surface area contributed by atoms with Gasteiger partial charge in [0.2, 0.25) is 0 Å². The quantitative estimate of drug-likeness (QED) is 0.162. The number of amides is 1. The second-order valence-electron chi connectivity index (χ2n) is 10.1. The van der Waals surface area contributed by atoms with Crippen LogP contribution in [-0.2, 0) is 24.3 Å². The van der Waals surface area contributed by atoms with Crippen LogP contribution in [0.3, 0.4) is 0 Å².